The largest absolute Gasteiger partial charge is 0.495 e. The molecule has 12 nitrogen and oxygen atoms in total. The van der Waals surface area contributed by atoms with Crippen LogP contribution in [0.4, 0.5) is 29.2 Å². The van der Waals surface area contributed by atoms with E-state index in [2.05, 4.69) is 76.0 Å². The van der Waals surface area contributed by atoms with Gasteiger partial charge in [0.05, 0.1) is 35.0 Å². The number of morpholine rings is 1. The van der Waals surface area contributed by atoms with Crippen molar-refractivity contribution in [3.05, 3.63) is 59.2 Å². The van der Waals surface area contributed by atoms with Gasteiger partial charge in [-0.2, -0.15) is 20.1 Å². The van der Waals surface area contributed by atoms with Gasteiger partial charge in [0.1, 0.15) is 5.75 Å². The molecule has 2 heterocycles. The van der Waals surface area contributed by atoms with Crippen LogP contribution in [-0.2, 0) is 4.74 Å². The Balaban J connectivity index is 1.59. The van der Waals surface area contributed by atoms with Gasteiger partial charge in [-0.15, -0.1) is 0 Å². The van der Waals surface area contributed by atoms with Crippen LogP contribution in [0.2, 0.25) is 0 Å². The SMILES string of the molecule is COc1c(I)cc(I)cc1C=NNc1nc(Nc2ccc([N+](=O)[O-])cc2)nc(N2CCOCC2)n1. The van der Waals surface area contributed by atoms with Crippen LogP contribution in [0.5, 0.6) is 5.75 Å². The molecule has 35 heavy (non-hydrogen) atoms. The van der Waals surface area contributed by atoms with Crippen molar-refractivity contribution >= 4 is 80.6 Å². The Labute approximate surface area is 228 Å². The molecule has 0 unspecified atom stereocenters. The minimum atomic E-state index is -0.451. The van der Waals surface area contributed by atoms with Gasteiger partial charge in [-0.25, -0.2) is 5.43 Å². The molecule has 2 N–H and O–H groups in total. The standard InChI is InChI=1S/C21H20I2N8O4/c1-34-18-13(10-14(22)11-17(18)23)12-24-29-20-26-19(25-15-2-4-16(5-3-15)31(32)33)27-21(28-20)30-6-8-35-9-7-30/h2-5,10-12H,6-9H2,1H3,(H2,25,26,27,28,29). The fraction of sp³-hybridized carbons (Fsp3) is 0.238. The van der Waals surface area contributed by atoms with E-state index in [1.165, 1.54) is 12.1 Å². The molecule has 0 aliphatic carbocycles. The number of nitro groups is 1. The lowest BCUT2D eigenvalue weighted by Gasteiger charge is -2.27. The number of nitrogens with zero attached hydrogens (tertiary/aromatic N) is 6. The molecule has 4 rings (SSSR count). The first kappa shape index (κ1) is 25.2. The maximum atomic E-state index is 10.9. The number of hydrogen-bond donors (Lipinski definition) is 2. The minimum Gasteiger partial charge on any atom is -0.495 e. The Kier molecular flexibility index (Phi) is 8.45. The second-order valence-electron chi connectivity index (χ2n) is 7.19. The van der Waals surface area contributed by atoms with Gasteiger partial charge in [0.15, 0.2) is 0 Å². The number of ether oxygens (including phenoxy) is 2. The lowest BCUT2D eigenvalue weighted by Crippen LogP contribution is -2.37. The Morgan fingerprint density at radius 1 is 1.14 bits per heavy atom. The first-order valence-electron chi connectivity index (χ1n) is 10.4. The highest BCUT2D eigenvalue weighted by Gasteiger charge is 2.17. The molecule has 3 aromatic rings. The van der Waals surface area contributed by atoms with E-state index < -0.39 is 4.92 Å². The van der Waals surface area contributed by atoms with Crippen molar-refractivity contribution in [2.45, 2.75) is 0 Å². The monoisotopic (exact) mass is 702 g/mol. The number of non-ortho nitro benzene ring substituents is 1. The molecule has 1 fully saturated rings. The van der Waals surface area contributed by atoms with Gasteiger partial charge in [0, 0.05) is 40.0 Å². The number of hydrogen-bond acceptors (Lipinski definition) is 11. The minimum absolute atomic E-state index is 0.00226. The molecule has 1 aliphatic rings. The summed E-state index contributed by atoms with van der Waals surface area (Å²) < 4.78 is 13.0. The predicted octanol–water partition coefficient (Wildman–Crippen LogP) is 4.02. The van der Waals surface area contributed by atoms with Crippen LogP contribution in [0.3, 0.4) is 0 Å². The molecule has 0 bridgehead atoms. The Morgan fingerprint density at radius 2 is 1.86 bits per heavy atom. The van der Waals surface area contributed by atoms with E-state index in [0.29, 0.717) is 37.9 Å². The lowest BCUT2D eigenvalue weighted by atomic mass is 10.2. The first-order chi connectivity index (χ1) is 16.9. The van der Waals surface area contributed by atoms with E-state index in [-0.39, 0.29) is 17.6 Å². The van der Waals surface area contributed by atoms with Gasteiger partial charge < -0.3 is 19.7 Å². The van der Waals surface area contributed by atoms with Gasteiger partial charge in [0.25, 0.3) is 5.69 Å². The summed E-state index contributed by atoms with van der Waals surface area (Å²) in [5, 5.41) is 18.3. The van der Waals surface area contributed by atoms with Gasteiger partial charge in [0.2, 0.25) is 17.8 Å². The van der Waals surface area contributed by atoms with Crippen molar-refractivity contribution < 1.29 is 14.4 Å². The van der Waals surface area contributed by atoms with E-state index in [4.69, 9.17) is 9.47 Å². The Bertz CT molecular complexity index is 1240. The van der Waals surface area contributed by atoms with Crippen molar-refractivity contribution in [3.8, 4) is 5.75 Å². The maximum absolute atomic E-state index is 10.9. The zero-order valence-corrected chi connectivity index (χ0v) is 22.8. The quantitative estimate of drug-likeness (QED) is 0.153. The highest BCUT2D eigenvalue weighted by Crippen LogP contribution is 2.27. The number of nitro benzene ring substituents is 1. The molecule has 0 atom stereocenters. The highest BCUT2D eigenvalue weighted by atomic mass is 127. The smallest absolute Gasteiger partial charge is 0.269 e. The van der Waals surface area contributed by atoms with Crippen molar-refractivity contribution in [1.29, 1.82) is 0 Å². The molecular weight excluding hydrogens is 682 g/mol. The summed E-state index contributed by atoms with van der Waals surface area (Å²) in [6.07, 6.45) is 1.64. The lowest BCUT2D eigenvalue weighted by molar-refractivity contribution is -0.384. The second-order valence-corrected chi connectivity index (χ2v) is 9.60. The average Bonchev–Trinajstić information content (AvgIpc) is 2.84. The Hall–Kier alpha value is -2.86. The number of rotatable bonds is 8. The molecule has 1 aliphatic heterocycles. The summed E-state index contributed by atoms with van der Waals surface area (Å²) in [4.78, 5) is 25.9. The first-order valence-corrected chi connectivity index (χ1v) is 12.5. The third-order valence-electron chi connectivity index (χ3n) is 4.86. The molecule has 2 aromatic carbocycles. The maximum Gasteiger partial charge on any atom is 0.269 e. The number of benzene rings is 2. The van der Waals surface area contributed by atoms with Gasteiger partial charge in [-0.1, -0.05) is 0 Å². The van der Waals surface area contributed by atoms with E-state index >= 15 is 0 Å². The van der Waals surface area contributed by atoms with Crippen molar-refractivity contribution in [2.24, 2.45) is 5.10 Å². The van der Waals surface area contributed by atoms with Crippen LogP contribution in [0, 0.1) is 17.3 Å². The highest BCUT2D eigenvalue weighted by molar-refractivity contribution is 14.1. The molecule has 0 saturated carbocycles. The fourth-order valence-electron chi connectivity index (χ4n) is 3.22. The molecule has 0 spiro atoms. The predicted molar refractivity (Wildman–Crippen MR) is 149 cm³/mol. The van der Waals surface area contributed by atoms with E-state index in [0.717, 1.165) is 18.5 Å². The van der Waals surface area contributed by atoms with Gasteiger partial charge in [-0.05, 0) is 69.4 Å². The summed E-state index contributed by atoms with van der Waals surface area (Å²) in [6.45, 7) is 2.43. The summed E-state index contributed by atoms with van der Waals surface area (Å²) in [7, 11) is 1.62. The summed E-state index contributed by atoms with van der Waals surface area (Å²) in [5.41, 5.74) is 4.28. The number of hydrazone groups is 1. The number of halogens is 2. The van der Waals surface area contributed by atoms with Crippen LogP contribution in [0.1, 0.15) is 5.56 Å². The van der Waals surface area contributed by atoms with Crippen molar-refractivity contribution in [3.63, 3.8) is 0 Å². The van der Waals surface area contributed by atoms with E-state index in [1.54, 1.807) is 25.5 Å². The van der Waals surface area contributed by atoms with Crippen LogP contribution in [0.15, 0.2) is 41.5 Å². The summed E-state index contributed by atoms with van der Waals surface area (Å²) >= 11 is 4.46. The number of anilines is 4. The van der Waals surface area contributed by atoms with E-state index in [9.17, 15) is 10.1 Å². The normalized spacial score (nSPS) is 13.6. The van der Waals surface area contributed by atoms with Crippen LogP contribution >= 0.6 is 45.2 Å². The second kappa shape index (κ2) is 11.7. The van der Waals surface area contributed by atoms with Crippen LogP contribution < -0.4 is 20.4 Å². The van der Waals surface area contributed by atoms with Gasteiger partial charge >= 0.3 is 0 Å². The van der Waals surface area contributed by atoms with Gasteiger partial charge in [-0.3, -0.25) is 10.1 Å². The van der Waals surface area contributed by atoms with Crippen molar-refractivity contribution in [2.75, 3.05) is 49.1 Å². The molecular formula is C21H20I2N8O4. The molecule has 0 radical (unpaired) electrons. The van der Waals surface area contributed by atoms with E-state index in [1.807, 2.05) is 17.0 Å². The van der Waals surface area contributed by atoms with Crippen LogP contribution in [-0.4, -0.2) is 59.5 Å². The number of nitrogens with one attached hydrogen (secondary N) is 2. The molecule has 182 valence electrons. The molecule has 1 saturated heterocycles. The molecule has 0 amide bonds. The Morgan fingerprint density at radius 3 is 2.54 bits per heavy atom. The molecule has 1 aromatic heterocycles. The zero-order chi connectivity index (χ0) is 24.8. The zero-order valence-electron chi connectivity index (χ0n) is 18.4. The summed E-state index contributed by atoms with van der Waals surface area (Å²) in [5.74, 6) is 1.70. The average molecular weight is 702 g/mol. The summed E-state index contributed by atoms with van der Waals surface area (Å²) in [6, 6.07) is 9.97. The number of aromatic nitrogens is 3. The third kappa shape index (κ3) is 6.63. The molecule has 14 heteroatoms. The van der Waals surface area contributed by atoms with Crippen molar-refractivity contribution in [1.82, 2.24) is 15.0 Å². The third-order valence-corrected chi connectivity index (χ3v) is 6.29. The van der Waals surface area contributed by atoms with Crippen LogP contribution in [0.25, 0.3) is 0 Å². The topological polar surface area (TPSA) is 140 Å². The number of methoxy groups -OCH3 is 1. The fourth-order valence-corrected chi connectivity index (χ4v) is 5.33.